The van der Waals surface area contributed by atoms with Crippen molar-refractivity contribution in [2.24, 2.45) is 5.92 Å². The Labute approximate surface area is 113 Å². The molecule has 0 N–H and O–H groups in total. The van der Waals surface area contributed by atoms with Gasteiger partial charge >= 0.3 is 0 Å². The van der Waals surface area contributed by atoms with Gasteiger partial charge in [0.1, 0.15) is 0 Å². The Kier molecular flexibility index (Phi) is 4.72. The van der Waals surface area contributed by atoms with Gasteiger partial charge in [-0.15, -0.1) is 23.2 Å². The van der Waals surface area contributed by atoms with Crippen molar-refractivity contribution in [3.05, 3.63) is 35.9 Å². The molecular formula is C14H18Cl2O. The Morgan fingerprint density at radius 3 is 2.59 bits per heavy atom. The fourth-order valence-electron chi connectivity index (χ4n) is 2.39. The van der Waals surface area contributed by atoms with Gasteiger partial charge in [-0.1, -0.05) is 37.3 Å². The van der Waals surface area contributed by atoms with E-state index in [1.54, 1.807) is 0 Å². The highest BCUT2D eigenvalue weighted by atomic mass is 35.5. The van der Waals surface area contributed by atoms with Crippen molar-refractivity contribution >= 4 is 23.2 Å². The topological polar surface area (TPSA) is 9.23 Å². The van der Waals surface area contributed by atoms with Crippen LogP contribution in [0.1, 0.15) is 31.4 Å². The summed E-state index contributed by atoms with van der Waals surface area (Å²) in [6, 6.07) is 10.3. The lowest BCUT2D eigenvalue weighted by Gasteiger charge is -2.39. The van der Waals surface area contributed by atoms with E-state index < -0.39 is 0 Å². The zero-order valence-electron chi connectivity index (χ0n) is 9.98. The van der Waals surface area contributed by atoms with Crippen LogP contribution in [0.15, 0.2) is 30.3 Å². The maximum atomic E-state index is 6.44. The number of hydrogen-bond donors (Lipinski definition) is 0. The molecule has 1 fully saturated rings. The Morgan fingerprint density at radius 1 is 1.29 bits per heavy atom. The molecule has 3 heteroatoms. The second-order valence-corrected chi connectivity index (χ2v) is 5.44. The fourth-order valence-corrected chi connectivity index (χ4v) is 3.28. The number of benzene rings is 1. The van der Waals surface area contributed by atoms with Crippen LogP contribution in [0.5, 0.6) is 0 Å². The Morgan fingerprint density at radius 2 is 2.00 bits per heavy atom. The molecule has 2 rings (SSSR count). The molecule has 0 saturated carbocycles. The molecule has 1 aliphatic heterocycles. The van der Waals surface area contributed by atoms with Crippen LogP contribution in [0.3, 0.4) is 0 Å². The number of hydrogen-bond acceptors (Lipinski definition) is 1. The van der Waals surface area contributed by atoms with Gasteiger partial charge in [-0.05, 0) is 18.4 Å². The van der Waals surface area contributed by atoms with E-state index in [9.17, 15) is 0 Å². The molecule has 0 radical (unpaired) electrons. The maximum absolute atomic E-state index is 6.44. The lowest BCUT2D eigenvalue weighted by atomic mass is 9.88. The molecule has 1 aromatic rings. The number of rotatable bonds is 3. The van der Waals surface area contributed by atoms with Gasteiger partial charge in [0, 0.05) is 17.2 Å². The number of ether oxygens (including phenoxy) is 1. The van der Waals surface area contributed by atoms with Crippen LogP contribution < -0.4 is 0 Å². The molecule has 0 amide bonds. The van der Waals surface area contributed by atoms with Crippen LogP contribution in [0, 0.1) is 5.92 Å². The van der Waals surface area contributed by atoms with E-state index in [0.717, 1.165) is 12.8 Å². The molecule has 0 unspecified atom stereocenters. The van der Waals surface area contributed by atoms with Crippen LogP contribution in [0.2, 0.25) is 0 Å². The van der Waals surface area contributed by atoms with E-state index in [-0.39, 0.29) is 23.5 Å². The predicted octanol–water partition coefficient (Wildman–Crippen LogP) is 4.39. The van der Waals surface area contributed by atoms with Crippen LogP contribution >= 0.6 is 23.2 Å². The lowest BCUT2D eigenvalue weighted by molar-refractivity contribution is -0.0787. The molecule has 1 nitrogen and oxygen atoms in total. The summed E-state index contributed by atoms with van der Waals surface area (Å²) in [6.07, 6.45) is 2.19. The molecule has 94 valence electrons. The highest BCUT2D eigenvalue weighted by molar-refractivity contribution is 6.22. The van der Waals surface area contributed by atoms with E-state index >= 15 is 0 Å². The van der Waals surface area contributed by atoms with E-state index in [0.29, 0.717) is 5.88 Å². The third-order valence-electron chi connectivity index (χ3n) is 3.44. The van der Waals surface area contributed by atoms with E-state index in [4.69, 9.17) is 27.9 Å². The summed E-state index contributed by atoms with van der Waals surface area (Å²) in [5.41, 5.74) is 1.18. The predicted molar refractivity (Wildman–Crippen MR) is 72.8 cm³/mol. The Balaban J connectivity index is 2.22. The zero-order valence-corrected chi connectivity index (χ0v) is 11.5. The van der Waals surface area contributed by atoms with Crippen molar-refractivity contribution in [2.45, 2.75) is 37.4 Å². The molecule has 1 aliphatic rings. The minimum absolute atomic E-state index is 0.0369. The molecule has 4 atom stereocenters. The van der Waals surface area contributed by atoms with Gasteiger partial charge < -0.3 is 4.74 Å². The largest absolute Gasteiger partial charge is 0.370 e. The van der Waals surface area contributed by atoms with Crippen molar-refractivity contribution < 1.29 is 4.74 Å². The lowest BCUT2D eigenvalue weighted by Crippen LogP contribution is -2.37. The van der Waals surface area contributed by atoms with Gasteiger partial charge in [0.15, 0.2) is 0 Å². The van der Waals surface area contributed by atoms with Crippen molar-refractivity contribution in [1.29, 1.82) is 0 Å². The van der Waals surface area contributed by atoms with Crippen molar-refractivity contribution in [3.63, 3.8) is 0 Å². The molecule has 1 aromatic carbocycles. The Hall–Kier alpha value is -0.240. The smallest absolute Gasteiger partial charge is 0.0882 e. The summed E-state index contributed by atoms with van der Waals surface area (Å²) >= 11 is 12.5. The Bertz CT molecular complexity index is 341. The molecule has 17 heavy (non-hydrogen) atoms. The van der Waals surface area contributed by atoms with Crippen molar-refractivity contribution in [2.75, 3.05) is 5.88 Å². The molecular weight excluding hydrogens is 255 g/mol. The highest BCUT2D eigenvalue weighted by Gasteiger charge is 2.37. The second kappa shape index (κ2) is 6.08. The van der Waals surface area contributed by atoms with Gasteiger partial charge in [-0.25, -0.2) is 0 Å². The summed E-state index contributed by atoms with van der Waals surface area (Å²) in [5.74, 6) is 0.744. The van der Waals surface area contributed by atoms with Crippen LogP contribution in [0.4, 0.5) is 0 Å². The quantitative estimate of drug-likeness (QED) is 0.742. The molecule has 0 aromatic heterocycles. The average molecular weight is 273 g/mol. The minimum atomic E-state index is 0.0369. The van der Waals surface area contributed by atoms with Gasteiger partial charge in [0.2, 0.25) is 0 Å². The first kappa shape index (κ1) is 13.2. The molecule has 1 heterocycles. The molecule has 0 spiro atoms. The maximum Gasteiger partial charge on any atom is 0.0882 e. The third-order valence-corrected chi connectivity index (χ3v) is 4.30. The summed E-state index contributed by atoms with van der Waals surface area (Å²) < 4.78 is 6.13. The van der Waals surface area contributed by atoms with Crippen molar-refractivity contribution in [3.8, 4) is 0 Å². The average Bonchev–Trinajstić information content (AvgIpc) is 2.38. The van der Waals surface area contributed by atoms with Gasteiger partial charge in [-0.2, -0.15) is 0 Å². The van der Waals surface area contributed by atoms with Crippen LogP contribution in [-0.2, 0) is 4.74 Å². The van der Waals surface area contributed by atoms with Crippen LogP contribution in [-0.4, -0.2) is 17.4 Å². The minimum Gasteiger partial charge on any atom is -0.370 e. The molecule has 1 saturated heterocycles. The summed E-state index contributed by atoms with van der Waals surface area (Å²) in [6.45, 7) is 2.14. The normalized spacial score (nSPS) is 33.6. The second-order valence-electron chi connectivity index (χ2n) is 4.57. The first-order chi connectivity index (χ1) is 8.26. The van der Waals surface area contributed by atoms with Gasteiger partial charge in [0.05, 0.1) is 12.2 Å². The SMILES string of the molecule is CC[C@H]1C[C@@H](Cl)[C@H](CCl)[C@@H](c2ccccc2)O1. The number of halogens is 2. The monoisotopic (exact) mass is 272 g/mol. The van der Waals surface area contributed by atoms with Gasteiger partial charge in [-0.3, -0.25) is 0 Å². The summed E-state index contributed by atoms with van der Waals surface area (Å²) in [7, 11) is 0. The highest BCUT2D eigenvalue weighted by Crippen LogP contribution is 2.40. The van der Waals surface area contributed by atoms with E-state index in [2.05, 4.69) is 19.1 Å². The summed E-state index contributed by atoms with van der Waals surface area (Å²) in [5, 5.41) is 0.108. The molecule has 0 aliphatic carbocycles. The van der Waals surface area contributed by atoms with E-state index in [1.807, 2.05) is 18.2 Å². The zero-order chi connectivity index (χ0) is 12.3. The summed E-state index contributed by atoms with van der Waals surface area (Å²) in [4.78, 5) is 0. The van der Waals surface area contributed by atoms with Crippen LogP contribution in [0.25, 0.3) is 0 Å². The van der Waals surface area contributed by atoms with E-state index in [1.165, 1.54) is 5.56 Å². The third kappa shape index (κ3) is 2.96. The van der Waals surface area contributed by atoms with Crippen molar-refractivity contribution in [1.82, 2.24) is 0 Å². The number of alkyl halides is 2. The first-order valence-electron chi connectivity index (χ1n) is 6.16. The standard InChI is InChI=1S/C14H18Cl2O/c1-2-11-8-13(16)12(9-15)14(17-11)10-6-4-3-5-7-10/h3-7,11-14H,2,8-9H2,1H3/t11-,12-,13+,14+/m0/s1. The fraction of sp³-hybridized carbons (Fsp3) is 0.571. The molecule has 0 bridgehead atoms. The van der Waals surface area contributed by atoms with Gasteiger partial charge in [0.25, 0.3) is 0 Å². The first-order valence-corrected chi connectivity index (χ1v) is 7.13.